The Hall–Kier alpha value is -2.40. The minimum atomic E-state index is -0.891. The van der Waals surface area contributed by atoms with Crippen molar-refractivity contribution in [2.45, 2.75) is 25.3 Å². The average Bonchev–Trinajstić information content (AvgIpc) is 3.21. The van der Waals surface area contributed by atoms with Crippen LogP contribution in [0, 0.1) is 17.2 Å². The van der Waals surface area contributed by atoms with E-state index in [1.54, 1.807) is 18.4 Å². The SMILES string of the molecule is CC1(C2CC2)NC(=O)N(CC(=O)Nc2sccc2C#N)C1=O. The number of rotatable bonds is 4. The van der Waals surface area contributed by atoms with Gasteiger partial charge in [-0.25, -0.2) is 4.79 Å². The van der Waals surface area contributed by atoms with Gasteiger partial charge in [0.2, 0.25) is 5.91 Å². The van der Waals surface area contributed by atoms with Crippen LogP contribution in [0.15, 0.2) is 11.4 Å². The monoisotopic (exact) mass is 318 g/mol. The molecule has 0 spiro atoms. The van der Waals surface area contributed by atoms with E-state index in [-0.39, 0.29) is 18.4 Å². The van der Waals surface area contributed by atoms with Gasteiger partial charge in [0.1, 0.15) is 23.2 Å². The van der Waals surface area contributed by atoms with E-state index in [2.05, 4.69) is 10.6 Å². The Kier molecular flexibility index (Phi) is 3.37. The van der Waals surface area contributed by atoms with Crippen molar-refractivity contribution in [1.29, 1.82) is 5.26 Å². The van der Waals surface area contributed by atoms with Crippen molar-refractivity contribution in [1.82, 2.24) is 10.2 Å². The maximum absolute atomic E-state index is 12.4. The van der Waals surface area contributed by atoms with Gasteiger partial charge in [0.05, 0.1) is 5.56 Å². The van der Waals surface area contributed by atoms with Crippen LogP contribution in [0.1, 0.15) is 25.3 Å². The molecule has 1 saturated carbocycles. The van der Waals surface area contributed by atoms with Crippen LogP contribution in [0.25, 0.3) is 0 Å². The number of carbonyl (C=O) groups is 3. The molecule has 1 unspecified atom stereocenters. The fraction of sp³-hybridized carbons (Fsp3) is 0.429. The Morgan fingerprint density at radius 2 is 2.32 bits per heavy atom. The summed E-state index contributed by atoms with van der Waals surface area (Å²) in [6, 6.07) is 3.02. The van der Waals surface area contributed by atoms with Crippen molar-refractivity contribution < 1.29 is 14.4 Å². The van der Waals surface area contributed by atoms with Crippen LogP contribution in [0.5, 0.6) is 0 Å². The number of amides is 4. The molecule has 2 fully saturated rings. The molecule has 0 aromatic carbocycles. The molecule has 7 nitrogen and oxygen atoms in total. The summed E-state index contributed by atoms with van der Waals surface area (Å²) in [5.41, 5.74) is -0.531. The molecule has 2 N–H and O–H groups in total. The molecule has 1 atom stereocenters. The number of thiophene rings is 1. The molecule has 1 aliphatic heterocycles. The van der Waals surface area contributed by atoms with Gasteiger partial charge in [0.25, 0.3) is 5.91 Å². The van der Waals surface area contributed by atoms with Crippen molar-refractivity contribution in [2.24, 2.45) is 5.92 Å². The van der Waals surface area contributed by atoms with Gasteiger partial charge in [0.15, 0.2) is 0 Å². The predicted octanol–water partition coefficient (Wildman–Crippen LogP) is 1.28. The summed E-state index contributed by atoms with van der Waals surface area (Å²) in [5, 5.41) is 16.3. The van der Waals surface area contributed by atoms with Gasteiger partial charge in [-0.1, -0.05) is 0 Å². The first-order valence-corrected chi connectivity index (χ1v) is 7.75. The van der Waals surface area contributed by atoms with E-state index in [0.717, 1.165) is 17.7 Å². The molecule has 3 rings (SSSR count). The van der Waals surface area contributed by atoms with Gasteiger partial charge in [-0.05, 0) is 37.1 Å². The molecular weight excluding hydrogens is 304 g/mol. The fourth-order valence-electron chi connectivity index (χ4n) is 2.60. The maximum Gasteiger partial charge on any atom is 0.325 e. The van der Waals surface area contributed by atoms with Crippen LogP contribution in [0.3, 0.4) is 0 Å². The number of nitriles is 1. The lowest BCUT2D eigenvalue weighted by Gasteiger charge is -2.20. The molecule has 0 bridgehead atoms. The van der Waals surface area contributed by atoms with E-state index >= 15 is 0 Å². The van der Waals surface area contributed by atoms with E-state index in [0.29, 0.717) is 10.6 Å². The molecule has 1 saturated heterocycles. The summed E-state index contributed by atoms with van der Waals surface area (Å²) < 4.78 is 0. The van der Waals surface area contributed by atoms with E-state index in [9.17, 15) is 14.4 Å². The number of anilines is 1. The number of nitrogens with zero attached hydrogens (tertiary/aromatic N) is 2. The molecular formula is C14H14N4O3S. The predicted molar refractivity (Wildman–Crippen MR) is 79.0 cm³/mol. The third-order valence-electron chi connectivity index (χ3n) is 4.04. The van der Waals surface area contributed by atoms with Gasteiger partial charge in [-0.2, -0.15) is 5.26 Å². The second-order valence-electron chi connectivity index (χ2n) is 5.62. The van der Waals surface area contributed by atoms with Crippen LogP contribution in [0.2, 0.25) is 0 Å². The van der Waals surface area contributed by atoms with Gasteiger partial charge < -0.3 is 10.6 Å². The van der Waals surface area contributed by atoms with Gasteiger partial charge in [-0.15, -0.1) is 11.3 Å². The Bertz CT molecular complexity index is 703. The van der Waals surface area contributed by atoms with Gasteiger partial charge in [-0.3, -0.25) is 14.5 Å². The smallest absolute Gasteiger partial charge is 0.323 e. The Balaban J connectivity index is 1.68. The number of hydrogen-bond donors (Lipinski definition) is 2. The largest absolute Gasteiger partial charge is 0.325 e. The summed E-state index contributed by atoms with van der Waals surface area (Å²) in [6.07, 6.45) is 1.81. The van der Waals surface area contributed by atoms with Crippen molar-refractivity contribution in [3.05, 3.63) is 17.0 Å². The zero-order valence-corrected chi connectivity index (χ0v) is 12.7. The van der Waals surface area contributed by atoms with E-state index < -0.39 is 17.5 Å². The number of nitrogens with one attached hydrogen (secondary N) is 2. The molecule has 2 aliphatic rings. The summed E-state index contributed by atoms with van der Waals surface area (Å²) in [5.74, 6) is -0.705. The first-order chi connectivity index (χ1) is 10.5. The van der Waals surface area contributed by atoms with Crippen LogP contribution in [-0.4, -0.2) is 34.8 Å². The molecule has 2 heterocycles. The van der Waals surface area contributed by atoms with Gasteiger partial charge in [0, 0.05) is 0 Å². The number of carbonyl (C=O) groups excluding carboxylic acids is 3. The van der Waals surface area contributed by atoms with Gasteiger partial charge >= 0.3 is 6.03 Å². The zero-order chi connectivity index (χ0) is 15.9. The second-order valence-corrected chi connectivity index (χ2v) is 6.54. The van der Waals surface area contributed by atoms with Crippen LogP contribution in [-0.2, 0) is 9.59 Å². The summed E-state index contributed by atoms with van der Waals surface area (Å²) in [7, 11) is 0. The quantitative estimate of drug-likeness (QED) is 0.816. The van der Waals surface area contributed by atoms with Crippen molar-refractivity contribution in [3.8, 4) is 6.07 Å². The second kappa shape index (κ2) is 5.10. The topological polar surface area (TPSA) is 102 Å². The van der Waals surface area contributed by atoms with Crippen LogP contribution < -0.4 is 10.6 Å². The zero-order valence-electron chi connectivity index (χ0n) is 11.9. The summed E-state index contributed by atoms with van der Waals surface area (Å²) in [6.45, 7) is 1.35. The van der Waals surface area contributed by atoms with E-state index in [1.165, 1.54) is 11.3 Å². The standard InChI is InChI=1S/C14H14N4O3S/c1-14(9-2-3-9)12(20)18(13(21)17-14)7-10(19)16-11-8(6-15)4-5-22-11/h4-5,9H,2-3,7H2,1H3,(H,16,19)(H,17,21). The summed E-state index contributed by atoms with van der Waals surface area (Å²) >= 11 is 1.22. The van der Waals surface area contributed by atoms with Crippen LogP contribution >= 0.6 is 11.3 Å². The highest BCUT2D eigenvalue weighted by atomic mass is 32.1. The molecule has 4 amide bonds. The molecule has 114 valence electrons. The number of hydrogen-bond acceptors (Lipinski definition) is 5. The molecule has 22 heavy (non-hydrogen) atoms. The lowest BCUT2D eigenvalue weighted by Crippen LogP contribution is -2.46. The molecule has 1 aliphatic carbocycles. The number of imide groups is 1. The van der Waals surface area contributed by atoms with Crippen molar-refractivity contribution in [3.63, 3.8) is 0 Å². The minimum absolute atomic E-state index is 0.152. The molecule has 8 heteroatoms. The normalized spacial score (nSPS) is 24.1. The highest BCUT2D eigenvalue weighted by molar-refractivity contribution is 7.14. The maximum atomic E-state index is 12.4. The van der Waals surface area contributed by atoms with Crippen molar-refractivity contribution in [2.75, 3.05) is 11.9 Å². The Labute approximate surface area is 130 Å². The lowest BCUT2D eigenvalue weighted by atomic mass is 9.96. The van der Waals surface area contributed by atoms with E-state index in [4.69, 9.17) is 5.26 Å². The fourth-order valence-corrected chi connectivity index (χ4v) is 3.35. The van der Waals surface area contributed by atoms with Crippen LogP contribution in [0.4, 0.5) is 9.80 Å². The Morgan fingerprint density at radius 3 is 2.95 bits per heavy atom. The minimum Gasteiger partial charge on any atom is -0.323 e. The third kappa shape index (κ3) is 2.33. The molecule has 0 radical (unpaired) electrons. The van der Waals surface area contributed by atoms with Crippen molar-refractivity contribution >= 4 is 34.2 Å². The first-order valence-electron chi connectivity index (χ1n) is 6.87. The average molecular weight is 318 g/mol. The third-order valence-corrected chi connectivity index (χ3v) is 4.87. The van der Waals surface area contributed by atoms with E-state index in [1.807, 2.05) is 6.07 Å². The number of urea groups is 1. The first kappa shape index (κ1) is 14.5. The molecule has 1 aromatic heterocycles. The Morgan fingerprint density at radius 1 is 1.59 bits per heavy atom. The summed E-state index contributed by atoms with van der Waals surface area (Å²) in [4.78, 5) is 37.3. The lowest BCUT2D eigenvalue weighted by molar-refractivity contribution is -0.134. The highest BCUT2D eigenvalue weighted by Gasteiger charge is 2.56. The highest BCUT2D eigenvalue weighted by Crippen LogP contribution is 2.42. The molecule has 1 aromatic rings.